The molecule has 0 aliphatic heterocycles. The number of aliphatic carboxylic acids is 1. The molecular weight excluding hydrogens is 279 g/mol. The van der Waals surface area contributed by atoms with Crippen molar-refractivity contribution < 1.29 is 19.5 Å². The third-order valence-corrected chi connectivity index (χ3v) is 1.04. The van der Waals surface area contributed by atoms with Crippen LogP contribution in [0.5, 0.6) is 0 Å². The van der Waals surface area contributed by atoms with Gasteiger partial charge in [-0.1, -0.05) is 0 Å². The Morgan fingerprint density at radius 3 is 2.23 bits per heavy atom. The number of hydrogen-bond donors (Lipinski definition) is 3. The minimum absolute atomic E-state index is 0. The van der Waals surface area contributed by atoms with Crippen LogP contribution < -0.4 is 11.1 Å². The van der Waals surface area contributed by atoms with Gasteiger partial charge >= 0.3 is 31.8 Å². The molecule has 0 aromatic rings. The van der Waals surface area contributed by atoms with E-state index in [1.165, 1.54) is 0 Å². The Morgan fingerprint density at radius 2 is 1.92 bits per heavy atom. The molecule has 74 valence electrons. The van der Waals surface area contributed by atoms with Gasteiger partial charge in [0, 0.05) is 6.92 Å². The van der Waals surface area contributed by atoms with Gasteiger partial charge in [0.2, 0.25) is 11.8 Å². The maximum atomic E-state index is 10.7. The van der Waals surface area contributed by atoms with Gasteiger partial charge in [0.1, 0.15) is 6.04 Å². The van der Waals surface area contributed by atoms with Gasteiger partial charge in [0.05, 0.1) is 6.42 Å². The fourth-order valence-corrected chi connectivity index (χ4v) is 0.534. The summed E-state index contributed by atoms with van der Waals surface area (Å²) in [6.07, 6.45) is -0.394. The molecule has 13 heavy (non-hydrogen) atoms. The second-order valence-electron chi connectivity index (χ2n) is 2.25. The number of nitrogens with two attached hydrogens (primary N) is 1. The van der Waals surface area contributed by atoms with Crippen LogP contribution in [0.1, 0.15) is 13.3 Å². The summed E-state index contributed by atoms with van der Waals surface area (Å²) < 4.78 is 0. The van der Waals surface area contributed by atoms with E-state index < -0.39 is 30.2 Å². The zero-order valence-corrected chi connectivity index (χ0v) is 6.53. The first kappa shape index (κ1) is 14.9. The van der Waals surface area contributed by atoms with Crippen molar-refractivity contribution in [1.82, 2.24) is 5.32 Å². The summed E-state index contributed by atoms with van der Waals surface area (Å²) in [5.74, 6) is -2.48. The van der Waals surface area contributed by atoms with E-state index in [0.717, 1.165) is 6.92 Å². The molecule has 0 aromatic carbocycles. The van der Waals surface area contributed by atoms with Gasteiger partial charge in [-0.05, 0) is 0 Å². The third kappa shape index (κ3) is 7.79. The van der Waals surface area contributed by atoms with Crippen molar-refractivity contribution in [3.05, 3.63) is 0 Å². The van der Waals surface area contributed by atoms with Gasteiger partial charge in [0.25, 0.3) is 0 Å². The van der Waals surface area contributed by atoms with Crippen molar-refractivity contribution in [2.75, 3.05) is 0 Å². The summed E-state index contributed by atoms with van der Waals surface area (Å²) in [5.41, 5.74) is 5.02. The van der Waals surface area contributed by atoms with Crippen LogP contribution in [0, 0.1) is 0 Å². The number of carbonyl (C=O) groups excluding carboxylic acids is 2. The summed E-state index contributed by atoms with van der Waals surface area (Å²) in [6.45, 7) is 1.16. The number of hydrogen-bond acceptors (Lipinski definition) is 4. The van der Waals surface area contributed by atoms with Crippen LogP contribution >= 0.6 is 0 Å². The zero-order chi connectivity index (χ0) is 9.72. The summed E-state index contributed by atoms with van der Waals surface area (Å²) in [6, 6.07) is -1.26. The van der Waals surface area contributed by atoms with Crippen molar-refractivity contribution in [2.24, 2.45) is 5.73 Å². The minimum atomic E-state index is -1.27. The molecule has 0 bridgehead atoms. The molecule has 2 amide bonds. The van der Waals surface area contributed by atoms with E-state index in [-0.39, 0.29) is 25.8 Å². The van der Waals surface area contributed by atoms with Crippen LogP contribution in [0.2, 0.25) is 0 Å². The number of nitrogens with one attached hydrogen (secondary N) is 1. The van der Waals surface area contributed by atoms with Gasteiger partial charge in [0.15, 0.2) is 0 Å². The van der Waals surface area contributed by atoms with Gasteiger partial charge in [-0.3, -0.25) is 19.7 Å². The third-order valence-electron chi connectivity index (χ3n) is 1.04. The summed E-state index contributed by atoms with van der Waals surface area (Å²) in [4.78, 5) is 31.1. The van der Waals surface area contributed by atoms with Crippen LogP contribution in [-0.2, 0) is 14.4 Å². The first-order valence-corrected chi connectivity index (χ1v) is 3.22. The first-order chi connectivity index (χ1) is 5.43. The fourth-order valence-electron chi connectivity index (χ4n) is 0.534. The van der Waals surface area contributed by atoms with E-state index in [2.05, 4.69) is 0 Å². The van der Waals surface area contributed by atoms with Crippen LogP contribution in [0.4, 0.5) is 0 Å². The molecule has 0 radical (unpaired) electrons. The Bertz CT molecular complexity index is 219. The topological polar surface area (TPSA) is 109 Å². The van der Waals surface area contributed by atoms with Crippen molar-refractivity contribution in [2.45, 2.75) is 19.4 Å². The average Bonchev–Trinajstić information content (AvgIpc) is 1.84. The summed E-state index contributed by atoms with van der Waals surface area (Å²) >= 11 is 0. The second kappa shape index (κ2) is 6.90. The summed E-state index contributed by atoms with van der Waals surface area (Å²) in [5, 5.41) is 10.2. The molecule has 1 atom stereocenters. The SMILES string of the molecule is CC(=O)NC(=O)C[C@H](N)C(=O)O.[InH3]. The molecular formula is C6H13InN2O4. The van der Waals surface area contributed by atoms with Gasteiger partial charge in [-0.25, -0.2) is 0 Å². The Labute approximate surface area is 93.6 Å². The fraction of sp³-hybridized carbons (Fsp3) is 0.500. The number of rotatable bonds is 3. The van der Waals surface area contributed by atoms with Crippen molar-refractivity contribution >= 4 is 43.6 Å². The molecule has 0 saturated carbocycles. The molecule has 4 N–H and O–H groups in total. The van der Waals surface area contributed by atoms with Gasteiger partial charge in [-0.15, -0.1) is 0 Å². The molecule has 0 aliphatic rings. The predicted octanol–water partition coefficient (Wildman–Crippen LogP) is -2.73. The molecule has 0 unspecified atom stereocenters. The number of carboxylic acids is 1. The van der Waals surface area contributed by atoms with Crippen LogP contribution in [0.3, 0.4) is 0 Å². The molecule has 0 heterocycles. The molecule has 0 aliphatic carbocycles. The Morgan fingerprint density at radius 1 is 1.46 bits per heavy atom. The summed E-state index contributed by atoms with van der Waals surface area (Å²) in [7, 11) is 0. The Kier molecular flexibility index (Phi) is 7.93. The monoisotopic (exact) mass is 292 g/mol. The van der Waals surface area contributed by atoms with Gasteiger partial charge < -0.3 is 10.8 Å². The van der Waals surface area contributed by atoms with Crippen LogP contribution in [-0.4, -0.2) is 54.8 Å². The molecule has 0 spiro atoms. The Hall–Kier alpha value is -0.560. The quantitative estimate of drug-likeness (QED) is 0.523. The first-order valence-electron chi connectivity index (χ1n) is 3.22. The molecule has 0 rings (SSSR count). The van der Waals surface area contributed by atoms with E-state index in [4.69, 9.17) is 10.8 Å². The molecule has 7 heteroatoms. The zero-order valence-electron chi connectivity index (χ0n) is 6.53. The van der Waals surface area contributed by atoms with Crippen molar-refractivity contribution in [1.29, 1.82) is 0 Å². The van der Waals surface area contributed by atoms with Crippen molar-refractivity contribution in [3.8, 4) is 0 Å². The number of carboxylic acid groups (broad SMARTS) is 1. The predicted molar refractivity (Wildman–Crippen MR) is 49.0 cm³/mol. The average molecular weight is 292 g/mol. The van der Waals surface area contributed by atoms with E-state index in [0.29, 0.717) is 0 Å². The number of amides is 2. The standard InChI is InChI=1S/C6H10N2O4.In.3H/c1-3(9)8-5(10)2-4(7)6(11)12;;;;/h4H,2,7H2,1H3,(H,11,12)(H,8,9,10);;;;/t4-;;;;/m0..../s1. The van der Waals surface area contributed by atoms with Crippen molar-refractivity contribution in [3.63, 3.8) is 0 Å². The van der Waals surface area contributed by atoms with Gasteiger partial charge in [-0.2, -0.15) is 0 Å². The van der Waals surface area contributed by atoms with E-state index >= 15 is 0 Å². The van der Waals surface area contributed by atoms with Crippen LogP contribution in [0.15, 0.2) is 0 Å². The van der Waals surface area contributed by atoms with E-state index in [9.17, 15) is 14.4 Å². The molecule has 0 aromatic heterocycles. The molecule has 0 saturated heterocycles. The van der Waals surface area contributed by atoms with E-state index in [1.807, 2.05) is 5.32 Å². The second-order valence-corrected chi connectivity index (χ2v) is 2.25. The normalized spacial score (nSPS) is 10.9. The van der Waals surface area contributed by atoms with Crippen LogP contribution in [0.25, 0.3) is 0 Å². The molecule has 6 nitrogen and oxygen atoms in total. The number of carbonyl (C=O) groups is 3. The maximum absolute atomic E-state index is 10.7. The number of imide groups is 1. The Balaban J connectivity index is 0. The van der Waals surface area contributed by atoms with E-state index in [1.54, 1.807) is 0 Å². The molecule has 0 fully saturated rings.